The summed E-state index contributed by atoms with van der Waals surface area (Å²) in [5.74, 6) is 0.409. The lowest BCUT2D eigenvalue weighted by atomic mass is 9.85. The van der Waals surface area contributed by atoms with E-state index in [1.54, 1.807) is 0 Å². The Balaban J connectivity index is 1.13. The second kappa shape index (κ2) is 8.34. The number of hydrogen-bond acceptors (Lipinski definition) is 1. The van der Waals surface area contributed by atoms with E-state index in [0.717, 1.165) is 12.8 Å². The molecule has 1 aromatic heterocycles. The van der Waals surface area contributed by atoms with Gasteiger partial charge in [0.05, 0.1) is 17.1 Å². The molecule has 2 nitrogen and oxygen atoms in total. The fourth-order valence-corrected chi connectivity index (χ4v) is 7.39. The molecule has 1 aliphatic heterocycles. The van der Waals surface area contributed by atoms with Gasteiger partial charge in [0, 0.05) is 33.8 Å². The van der Waals surface area contributed by atoms with E-state index in [4.69, 9.17) is 0 Å². The number of nitrogens with zero attached hydrogens (tertiary/aromatic N) is 2. The zero-order valence-electron chi connectivity index (χ0n) is 22.2. The van der Waals surface area contributed by atoms with Crippen molar-refractivity contribution in [1.82, 2.24) is 4.57 Å². The average Bonchev–Trinajstić information content (AvgIpc) is 3.53. The Morgan fingerprint density at radius 1 is 0.525 bits per heavy atom. The quantitative estimate of drug-likeness (QED) is 0.224. The molecule has 3 aliphatic rings. The van der Waals surface area contributed by atoms with Crippen molar-refractivity contribution in [1.29, 1.82) is 0 Å². The van der Waals surface area contributed by atoms with Gasteiger partial charge in [-0.1, -0.05) is 91.0 Å². The first-order valence-electron chi connectivity index (χ1n) is 14.3. The van der Waals surface area contributed by atoms with Crippen molar-refractivity contribution in [2.45, 2.75) is 24.8 Å². The lowest BCUT2D eigenvalue weighted by molar-refractivity contribution is 0.744. The highest BCUT2D eigenvalue weighted by molar-refractivity contribution is 6.09. The molecule has 6 aromatic rings. The van der Waals surface area contributed by atoms with Crippen LogP contribution in [-0.2, 0) is 12.8 Å². The lowest BCUT2D eigenvalue weighted by Crippen LogP contribution is -2.28. The highest BCUT2D eigenvalue weighted by atomic mass is 15.2. The number of rotatable bonds is 2. The maximum Gasteiger partial charge on any atom is 0.0629 e. The largest absolute Gasteiger partial charge is 0.333 e. The molecule has 0 saturated heterocycles. The van der Waals surface area contributed by atoms with E-state index in [9.17, 15) is 0 Å². The molecule has 190 valence electrons. The van der Waals surface area contributed by atoms with E-state index in [-0.39, 0.29) is 0 Å². The molecule has 2 heteroatoms. The first-order chi connectivity index (χ1) is 19.8. The summed E-state index contributed by atoms with van der Waals surface area (Å²) >= 11 is 0. The van der Waals surface area contributed by atoms with Gasteiger partial charge in [-0.3, -0.25) is 0 Å². The first kappa shape index (κ1) is 22.0. The van der Waals surface area contributed by atoms with Crippen LogP contribution < -0.4 is 4.90 Å². The van der Waals surface area contributed by atoms with Gasteiger partial charge in [-0.2, -0.15) is 0 Å². The van der Waals surface area contributed by atoms with Gasteiger partial charge in [-0.05, 0) is 83.1 Å². The first-order valence-corrected chi connectivity index (χ1v) is 14.3. The van der Waals surface area contributed by atoms with Gasteiger partial charge in [0.1, 0.15) is 0 Å². The number of anilines is 2. The van der Waals surface area contributed by atoms with Crippen LogP contribution in [0.1, 0.15) is 33.7 Å². The minimum absolute atomic E-state index is 0.332. The molecule has 0 saturated carbocycles. The molecular weight excluding hydrogens is 484 g/mol. The monoisotopic (exact) mass is 512 g/mol. The van der Waals surface area contributed by atoms with Crippen molar-refractivity contribution in [2.75, 3.05) is 4.90 Å². The smallest absolute Gasteiger partial charge is 0.0629 e. The Morgan fingerprint density at radius 2 is 1.12 bits per heavy atom. The van der Waals surface area contributed by atoms with Crippen molar-refractivity contribution in [3.8, 4) is 5.69 Å². The second-order valence-electron chi connectivity index (χ2n) is 11.3. The van der Waals surface area contributed by atoms with E-state index in [1.807, 2.05) is 0 Å². The van der Waals surface area contributed by atoms with Gasteiger partial charge in [0.2, 0.25) is 0 Å². The number of fused-ring (bicyclic) bond motifs is 8. The van der Waals surface area contributed by atoms with Gasteiger partial charge < -0.3 is 9.47 Å². The molecule has 2 aliphatic carbocycles. The van der Waals surface area contributed by atoms with Gasteiger partial charge in [-0.15, -0.1) is 0 Å². The standard InChI is InChI=1S/C38H28N2/c1-5-13-35-31(9-1)32-10-2-6-14-36(32)39(35)29-19-17-25-21-26-18-20-30(24-28(26)22-27(25)23-29)40-37-15-7-3-11-33(37)34-12-4-8-16-38(34)40/h1-20,23-24,31,35H,21-22H2. The zero-order valence-corrected chi connectivity index (χ0v) is 22.2. The van der Waals surface area contributed by atoms with Gasteiger partial charge in [0.25, 0.3) is 0 Å². The minimum Gasteiger partial charge on any atom is -0.333 e. The van der Waals surface area contributed by atoms with Crippen LogP contribution in [0.25, 0.3) is 27.5 Å². The van der Waals surface area contributed by atoms with Gasteiger partial charge in [0.15, 0.2) is 0 Å². The molecule has 0 radical (unpaired) electrons. The number of para-hydroxylation sites is 3. The lowest BCUT2D eigenvalue weighted by Gasteiger charge is -2.30. The topological polar surface area (TPSA) is 8.17 Å². The summed E-state index contributed by atoms with van der Waals surface area (Å²) < 4.78 is 2.43. The fraction of sp³-hybridized carbons (Fsp3) is 0.105. The number of allylic oxidation sites excluding steroid dienone is 2. The molecule has 0 spiro atoms. The highest BCUT2D eigenvalue weighted by Gasteiger charge is 2.37. The highest BCUT2D eigenvalue weighted by Crippen LogP contribution is 2.48. The van der Waals surface area contributed by atoms with E-state index in [2.05, 4.69) is 143 Å². The molecular formula is C38H28N2. The molecule has 0 fully saturated rings. The summed E-state index contributed by atoms with van der Waals surface area (Å²) in [6.45, 7) is 0. The Hall–Kier alpha value is -4.82. The van der Waals surface area contributed by atoms with Crippen molar-refractivity contribution in [3.63, 3.8) is 0 Å². The van der Waals surface area contributed by atoms with Crippen LogP contribution in [0.5, 0.6) is 0 Å². The van der Waals surface area contributed by atoms with Gasteiger partial charge in [-0.25, -0.2) is 0 Å². The third-order valence-electron chi connectivity index (χ3n) is 9.22. The third-order valence-corrected chi connectivity index (χ3v) is 9.22. The Morgan fingerprint density at radius 3 is 1.90 bits per heavy atom. The molecule has 5 aromatic carbocycles. The van der Waals surface area contributed by atoms with Crippen molar-refractivity contribution < 1.29 is 0 Å². The van der Waals surface area contributed by atoms with E-state index < -0.39 is 0 Å². The predicted octanol–water partition coefficient (Wildman–Crippen LogP) is 9.01. The Kier molecular flexibility index (Phi) is 4.59. The van der Waals surface area contributed by atoms with Crippen LogP contribution in [0, 0.1) is 0 Å². The van der Waals surface area contributed by atoms with Crippen LogP contribution in [0.3, 0.4) is 0 Å². The van der Waals surface area contributed by atoms with Crippen LogP contribution >= 0.6 is 0 Å². The molecule has 2 atom stereocenters. The maximum absolute atomic E-state index is 2.55. The number of hydrogen-bond donors (Lipinski definition) is 0. The molecule has 0 amide bonds. The van der Waals surface area contributed by atoms with Gasteiger partial charge >= 0.3 is 0 Å². The van der Waals surface area contributed by atoms with Crippen molar-refractivity contribution >= 4 is 33.2 Å². The molecule has 0 N–H and O–H groups in total. The summed E-state index contributed by atoms with van der Waals surface area (Å²) in [6, 6.07) is 41.0. The van der Waals surface area contributed by atoms with E-state index in [1.165, 1.54) is 66.7 Å². The van der Waals surface area contributed by atoms with Crippen LogP contribution in [0.4, 0.5) is 11.4 Å². The summed E-state index contributed by atoms with van der Waals surface area (Å²) in [6.07, 6.45) is 11.1. The Bertz CT molecular complexity index is 1990. The van der Waals surface area contributed by atoms with Crippen LogP contribution in [0.2, 0.25) is 0 Å². The average molecular weight is 513 g/mol. The van der Waals surface area contributed by atoms with Crippen LogP contribution in [0.15, 0.2) is 133 Å². The molecule has 9 rings (SSSR count). The number of aromatic nitrogens is 1. The maximum atomic E-state index is 2.55. The van der Waals surface area contributed by atoms with Crippen LogP contribution in [-0.4, -0.2) is 10.6 Å². The molecule has 0 bridgehead atoms. The summed E-state index contributed by atoms with van der Waals surface area (Å²) in [5, 5.41) is 2.61. The normalized spacial score (nSPS) is 18.6. The minimum atomic E-state index is 0.332. The summed E-state index contributed by atoms with van der Waals surface area (Å²) in [4.78, 5) is 2.55. The third kappa shape index (κ3) is 3.11. The molecule has 2 unspecified atom stereocenters. The SMILES string of the molecule is C1=CC2c3ccccc3N(c3ccc4c(c3)Cc3cc(-n5c6ccccc6c6ccccc65)ccc3C4)C2C=C1. The fourth-order valence-electron chi connectivity index (χ4n) is 7.39. The Labute approximate surface area is 234 Å². The van der Waals surface area contributed by atoms with E-state index in [0.29, 0.717) is 12.0 Å². The van der Waals surface area contributed by atoms with Crippen molar-refractivity contribution in [3.05, 3.63) is 161 Å². The second-order valence-corrected chi connectivity index (χ2v) is 11.3. The van der Waals surface area contributed by atoms with Crippen molar-refractivity contribution in [2.24, 2.45) is 0 Å². The number of benzene rings is 5. The summed E-state index contributed by atoms with van der Waals surface area (Å²) in [7, 11) is 0. The molecule has 2 heterocycles. The predicted molar refractivity (Wildman–Crippen MR) is 166 cm³/mol. The van der Waals surface area contributed by atoms with E-state index >= 15 is 0 Å². The molecule has 40 heavy (non-hydrogen) atoms. The summed E-state index contributed by atoms with van der Waals surface area (Å²) in [5.41, 5.74) is 13.6. The zero-order chi connectivity index (χ0) is 26.2.